The van der Waals surface area contributed by atoms with Crippen molar-refractivity contribution in [2.24, 2.45) is 5.84 Å². The lowest BCUT2D eigenvalue weighted by atomic mass is 10.5. The van der Waals surface area contributed by atoms with Gasteiger partial charge in [0.2, 0.25) is 0 Å². The van der Waals surface area contributed by atoms with Crippen LogP contribution in [0.3, 0.4) is 0 Å². The van der Waals surface area contributed by atoms with Gasteiger partial charge in [-0.3, -0.25) is 10.1 Å². The molecule has 0 aliphatic carbocycles. The van der Waals surface area contributed by atoms with Gasteiger partial charge in [-0.1, -0.05) is 11.3 Å². The van der Waals surface area contributed by atoms with Crippen LogP contribution in [-0.4, -0.2) is 18.3 Å². The molecule has 0 atom stereocenters. The Morgan fingerprint density at radius 2 is 2.25 bits per heavy atom. The quantitative estimate of drug-likeness (QED) is 0.404. The lowest BCUT2D eigenvalue weighted by molar-refractivity contribution is -0.383. The molecule has 0 radical (unpaired) electrons. The van der Waals surface area contributed by atoms with Gasteiger partial charge in [0.25, 0.3) is 10.0 Å². The van der Waals surface area contributed by atoms with Gasteiger partial charge in [0.05, 0.1) is 11.5 Å². The Kier molecular flexibility index (Phi) is 4.29. The number of rotatable bonds is 6. The van der Waals surface area contributed by atoms with Crippen LogP contribution >= 0.6 is 22.7 Å². The molecule has 9 nitrogen and oxygen atoms in total. The maximum Gasteiger partial charge on any atom is 0.306 e. The standard InChI is InChI=1S/C8H9N5O4S3/c9-12-8-5(13(14)15)3-7(19-8)20(16,17)11-4-6-10-1-2-18-6/h1-3,11-12H,4,9H2. The van der Waals surface area contributed by atoms with Crippen LogP contribution in [0.15, 0.2) is 21.9 Å². The van der Waals surface area contributed by atoms with Crippen LogP contribution in [0.25, 0.3) is 0 Å². The van der Waals surface area contributed by atoms with E-state index in [4.69, 9.17) is 5.84 Å². The first-order valence-electron chi connectivity index (χ1n) is 5.07. The molecule has 2 rings (SSSR count). The van der Waals surface area contributed by atoms with Crippen molar-refractivity contribution in [2.75, 3.05) is 5.43 Å². The number of hydrazine groups is 1. The van der Waals surface area contributed by atoms with E-state index in [9.17, 15) is 18.5 Å². The van der Waals surface area contributed by atoms with E-state index in [-0.39, 0.29) is 21.4 Å². The molecule has 2 aromatic rings. The number of anilines is 1. The van der Waals surface area contributed by atoms with Crippen molar-refractivity contribution < 1.29 is 13.3 Å². The maximum absolute atomic E-state index is 12.0. The normalized spacial score (nSPS) is 11.4. The van der Waals surface area contributed by atoms with Gasteiger partial charge in [0, 0.05) is 17.6 Å². The van der Waals surface area contributed by atoms with Crippen LogP contribution in [0.5, 0.6) is 0 Å². The van der Waals surface area contributed by atoms with E-state index in [0.717, 1.165) is 6.07 Å². The first kappa shape index (κ1) is 14.8. The van der Waals surface area contributed by atoms with Crippen LogP contribution < -0.4 is 16.0 Å². The van der Waals surface area contributed by atoms with Crippen LogP contribution in [0.4, 0.5) is 10.7 Å². The summed E-state index contributed by atoms with van der Waals surface area (Å²) in [6.07, 6.45) is 1.56. The second-order valence-electron chi connectivity index (χ2n) is 3.43. The van der Waals surface area contributed by atoms with E-state index >= 15 is 0 Å². The van der Waals surface area contributed by atoms with Gasteiger partial charge in [0.15, 0.2) is 5.00 Å². The summed E-state index contributed by atoms with van der Waals surface area (Å²) < 4.78 is 26.2. The number of thiazole rings is 1. The highest BCUT2D eigenvalue weighted by molar-refractivity contribution is 7.91. The van der Waals surface area contributed by atoms with Crippen LogP contribution in [-0.2, 0) is 16.6 Å². The van der Waals surface area contributed by atoms with Gasteiger partial charge in [-0.05, 0) is 0 Å². The van der Waals surface area contributed by atoms with Gasteiger partial charge in [-0.25, -0.2) is 24.0 Å². The van der Waals surface area contributed by atoms with Crippen LogP contribution in [0.2, 0.25) is 0 Å². The molecule has 20 heavy (non-hydrogen) atoms. The fourth-order valence-electron chi connectivity index (χ4n) is 1.30. The van der Waals surface area contributed by atoms with Gasteiger partial charge in [-0.15, -0.1) is 11.3 Å². The average Bonchev–Trinajstić information content (AvgIpc) is 3.05. The Hall–Kier alpha value is -1.60. The summed E-state index contributed by atoms with van der Waals surface area (Å²) in [6.45, 7) is 0.0249. The predicted molar refractivity (Wildman–Crippen MR) is 74.9 cm³/mol. The van der Waals surface area contributed by atoms with Crippen molar-refractivity contribution in [2.45, 2.75) is 10.8 Å². The number of aromatic nitrogens is 1. The first-order valence-corrected chi connectivity index (χ1v) is 8.25. The van der Waals surface area contributed by atoms with Gasteiger partial charge in [0.1, 0.15) is 9.22 Å². The van der Waals surface area contributed by atoms with Crippen molar-refractivity contribution >= 4 is 43.4 Å². The van der Waals surface area contributed by atoms with Crippen molar-refractivity contribution in [1.82, 2.24) is 9.71 Å². The zero-order chi connectivity index (χ0) is 14.8. The lowest BCUT2D eigenvalue weighted by Crippen LogP contribution is -2.22. The predicted octanol–water partition coefficient (Wildman–Crippen LogP) is 0.877. The largest absolute Gasteiger partial charge is 0.310 e. The minimum absolute atomic E-state index is 0.0235. The highest BCUT2D eigenvalue weighted by Gasteiger charge is 2.25. The summed E-state index contributed by atoms with van der Waals surface area (Å²) in [5, 5.41) is 13.0. The molecule has 0 amide bonds. The fraction of sp³-hybridized carbons (Fsp3) is 0.125. The van der Waals surface area contributed by atoms with Crippen molar-refractivity contribution in [3.63, 3.8) is 0 Å². The number of nitrogens with two attached hydrogens (primary N) is 1. The SMILES string of the molecule is NNc1sc(S(=O)(=O)NCc2nccs2)cc1[N+](=O)[O-]. The lowest BCUT2D eigenvalue weighted by Gasteiger charge is -2.01. The number of nitro groups is 1. The number of sulfonamides is 1. The first-order chi connectivity index (χ1) is 9.44. The molecule has 2 aromatic heterocycles. The number of nitrogens with zero attached hydrogens (tertiary/aromatic N) is 2. The molecule has 0 aromatic carbocycles. The Morgan fingerprint density at radius 1 is 1.50 bits per heavy atom. The minimum atomic E-state index is -3.85. The summed E-state index contributed by atoms with van der Waals surface area (Å²) in [5.41, 5.74) is 1.73. The molecule has 0 bridgehead atoms. The highest BCUT2D eigenvalue weighted by atomic mass is 32.2. The Morgan fingerprint density at radius 3 is 2.75 bits per heavy atom. The fourth-order valence-corrected chi connectivity index (χ4v) is 4.22. The number of hydrogen-bond donors (Lipinski definition) is 3. The number of hydrogen-bond acceptors (Lipinski definition) is 9. The van der Waals surface area contributed by atoms with Gasteiger partial charge >= 0.3 is 5.69 Å². The second kappa shape index (κ2) is 5.80. The molecule has 108 valence electrons. The molecular formula is C8H9N5O4S3. The summed E-state index contributed by atoms with van der Waals surface area (Å²) in [5.74, 6) is 5.13. The molecule has 0 aliphatic rings. The zero-order valence-corrected chi connectivity index (χ0v) is 12.2. The topological polar surface area (TPSA) is 140 Å². The van der Waals surface area contributed by atoms with Gasteiger partial charge in [-0.2, -0.15) is 0 Å². The summed E-state index contributed by atoms with van der Waals surface area (Å²) >= 11 is 1.99. The van der Waals surface area contributed by atoms with E-state index in [1.165, 1.54) is 11.3 Å². The Balaban J connectivity index is 2.23. The summed E-state index contributed by atoms with van der Waals surface area (Å²) in [7, 11) is -3.85. The third-order valence-corrected chi connectivity index (χ3v) is 5.89. The van der Waals surface area contributed by atoms with E-state index in [1.807, 2.05) is 0 Å². The smallest absolute Gasteiger partial charge is 0.306 e. The third kappa shape index (κ3) is 3.10. The van der Waals surface area contributed by atoms with Crippen LogP contribution in [0.1, 0.15) is 5.01 Å². The highest BCUT2D eigenvalue weighted by Crippen LogP contribution is 2.36. The Labute approximate surface area is 121 Å². The van der Waals surface area contributed by atoms with Gasteiger partial charge < -0.3 is 5.43 Å². The number of nitrogens with one attached hydrogen (secondary N) is 2. The molecule has 0 spiro atoms. The zero-order valence-electron chi connectivity index (χ0n) is 9.77. The third-order valence-electron chi connectivity index (χ3n) is 2.18. The van der Waals surface area contributed by atoms with Crippen molar-refractivity contribution in [3.05, 3.63) is 32.8 Å². The monoisotopic (exact) mass is 335 g/mol. The molecule has 2 heterocycles. The van der Waals surface area contributed by atoms with E-state index in [0.29, 0.717) is 16.3 Å². The number of nitrogen functional groups attached to an aromatic ring is 1. The molecule has 0 saturated heterocycles. The molecule has 4 N–H and O–H groups in total. The molecule has 0 unspecified atom stereocenters. The molecule has 0 saturated carbocycles. The molecular weight excluding hydrogens is 326 g/mol. The summed E-state index contributed by atoms with van der Waals surface area (Å²) in [6, 6.07) is 0.962. The van der Waals surface area contributed by atoms with E-state index in [1.54, 1.807) is 11.6 Å². The molecule has 12 heteroatoms. The second-order valence-corrected chi connectivity index (χ2v) is 7.46. The maximum atomic E-state index is 12.0. The van der Waals surface area contributed by atoms with E-state index < -0.39 is 14.9 Å². The van der Waals surface area contributed by atoms with Crippen molar-refractivity contribution in [1.29, 1.82) is 0 Å². The van der Waals surface area contributed by atoms with Crippen molar-refractivity contribution in [3.8, 4) is 0 Å². The van der Waals surface area contributed by atoms with E-state index in [2.05, 4.69) is 15.1 Å². The molecule has 0 fully saturated rings. The average molecular weight is 335 g/mol. The summed E-state index contributed by atoms with van der Waals surface area (Å²) in [4.78, 5) is 14.0. The molecule has 0 aliphatic heterocycles. The Bertz CT molecular complexity index is 709. The number of thiophene rings is 1. The van der Waals surface area contributed by atoms with Crippen LogP contribution in [0, 0.1) is 10.1 Å². The minimum Gasteiger partial charge on any atom is -0.310 e.